The quantitative estimate of drug-likeness (QED) is 0.382. The van der Waals surface area contributed by atoms with E-state index in [0.29, 0.717) is 18.5 Å². The van der Waals surface area contributed by atoms with Gasteiger partial charge in [-0.2, -0.15) is 0 Å². The molecule has 2 N–H and O–H groups in total. The van der Waals surface area contributed by atoms with Crippen molar-refractivity contribution in [2.45, 2.75) is 13.2 Å². The second-order valence-electron chi connectivity index (χ2n) is 6.91. The van der Waals surface area contributed by atoms with Gasteiger partial charge in [0.15, 0.2) is 0 Å². The number of carbonyl (C=O) groups excluding carboxylic acids is 1. The van der Waals surface area contributed by atoms with Crippen molar-refractivity contribution in [3.8, 4) is 5.75 Å². The number of amides is 1. The van der Waals surface area contributed by atoms with Gasteiger partial charge in [0, 0.05) is 17.1 Å². The maximum atomic E-state index is 12.9. The molecule has 4 rings (SSSR count). The molecule has 0 saturated heterocycles. The van der Waals surface area contributed by atoms with E-state index in [1.54, 1.807) is 28.4 Å². The summed E-state index contributed by atoms with van der Waals surface area (Å²) in [4.78, 5) is 24.6. The van der Waals surface area contributed by atoms with Crippen LogP contribution in [-0.4, -0.2) is 15.7 Å². The summed E-state index contributed by atoms with van der Waals surface area (Å²) in [5, 5.41) is 9.97. The number of benzene rings is 3. The van der Waals surface area contributed by atoms with Crippen molar-refractivity contribution in [3.05, 3.63) is 112 Å². The fourth-order valence-electron chi connectivity index (χ4n) is 3.28. The van der Waals surface area contributed by atoms with Crippen molar-refractivity contribution >= 4 is 16.7 Å². The Kier molecular flexibility index (Phi) is 5.59. The molecule has 0 aliphatic carbocycles. The van der Waals surface area contributed by atoms with E-state index in [1.165, 1.54) is 6.07 Å². The Labute approximate surface area is 172 Å². The summed E-state index contributed by atoms with van der Waals surface area (Å²) in [6, 6.07) is 24.1. The van der Waals surface area contributed by atoms with Gasteiger partial charge in [0.2, 0.25) is 0 Å². The average Bonchev–Trinajstić information content (AvgIpc) is 2.80. The number of hydroxylamine groups is 1. The number of fused-ring (bicyclic) bond motifs is 1. The molecular formula is C24H20N2O4. The molecule has 3 aromatic carbocycles. The van der Waals surface area contributed by atoms with Crippen LogP contribution in [0.15, 0.2) is 89.9 Å². The molecule has 150 valence electrons. The molecule has 1 amide bonds. The lowest BCUT2D eigenvalue weighted by molar-refractivity contribution is 0.0706. The smallest absolute Gasteiger partial charge is 0.274 e. The van der Waals surface area contributed by atoms with Crippen molar-refractivity contribution in [1.82, 2.24) is 10.0 Å². The van der Waals surface area contributed by atoms with E-state index in [-0.39, 0.29) is 11.1 Å². The highest BCUT2D eigenvalue weighted by atomic mass is 16.5. The maximum absolute atomic E-state index is 12.9. The van der Waals surface area contributed by atoms with Crippen LogP contribution in [0, 0.1) is 0 Å². The van der Waals surface area contributed by atoms with Crippen molar-refractivity contribution in [3.63, 3.8) is 0 Å². The largest absolute Gasteiger partial charge is 0.489 e. The fourth-order valence-corrected chi connectivity index (χ4v) is 3.28. The fraction of sp³-hybridized carbons (Fsp3) is 0.0833. The normalized spacial score (nSPS) is 10.7. The molecule has 1 heterocycles. The minimum absolute atomic E-state index is 0.212. The lowest BCUT2D eigenvalue weighted by Gasteiger charge is -2.11. The standard InChI is InChI=1S/C24H20N2O4/c27-23(25-29)20-10-9-19-11-12-26(24(28)22(19)14-20)15-18-7-4-8-21(13-18)30-16-17-5-2-1-3-6-17/h1-14,29H,15-16H2,(H,25,27). The topological polar surface area (TPSA) is 80.6 Å². The van der Waals surface area contributed by atoms with E-state index in [9.17, 15) is 9.59 Å². The Morgan fingerprint density at radius 2 is 1.73 bits per heavy atom. The molecule has 0 unspecified atom stereocenters. The summed E-state index contributed by atoms with van der Waals surface area (Å²) < 4.78 is 7.45. The minimum Gasteiger partial charge on any atom is -0.489 e. The summed E-state index contributed by atoms with van der Waals surface area (Å²) >= 11 is 0. The molecule has 6 heteroatoms. The first-order chi connectivity index (χ1) is 14.6. The molecule has 0 fully saturated rings. The zero-order valence-electron chi connectivity index (χ0n) is 16.1. The molecule has 0 bridgehead atoms. The van der Waals surface area contributed by atoms with Gasteiger partial charge >= 0.3 is 0 Å². The number of aromatic nitrogens is 1. The molecule has 0 aliphatic heterocycles. The first-order valence-corrected chi connectivity index (χ1v) is 9.47. The van der Waals surface area contributed by atoms with Crippen LogP contribution in [0.4, 0.5) is 0 Å². The number of ether oxygens (including phenoxy) is 1. The number of hydrogen-bond donors (Lipinski definition) is 2. The molecule has 1 aromatic heterocycles. The maximum Gasteiger partial charge on any atom is 0.274 e. The van der Waals surface area contributed by atoms with Gasteiger partial charge in [-0.05, 0) is 46.8 Å². The highest BCUT2D eigenvalue weighted by molar-refractivity contribution is 5.97. The monoisotopic (exact) mass is 400 g/mol. The van der Waals surface area contributed by atoms with Crippen molar-refractivity contribution < 1.29 is 14.7 Å². The van der Waals surface area contributed by atoms with Gasteiger partial charge in [-0.3, -0.25) is 14.8 Å². The first-order valence-electron chi connectivity index (χ1n) is 9.47. The van der Waals surface area contributed by atoms with E-state index >= 15 is 0 Å². The highest BCUT2D eigenvalue weighted by Crippen LogP contribution is 2.17. The summed E-state index contributed by atoms with van der Waals surface area (Å²) in [5.74, 6) is 0.0714. The van der Waals surface area contributed by atoms with Crippen LogP contribution in [0.1, 0.15) is 21.5 Å². The van der Waals surface area contributed by atoms with Crippen LogP contribution < -0.4 is 15.8 Å². The van der Waals surface area contributed by atoms with Gasteiger partial charge < -0.3 is 9.30 Å². The number of nitrogens with zero attached hydrogens (tertiary/aromatic N) is 1. The summed E-state index contributed by atoms with van der Waals surface area (Å²) in [7, 11) is 0. The van der Waals surface area contributed by atoms with Gasteiger partial charge in [-0.1, -0.05) is 48.5 Å². The van der Waals surface area contributed by atoms with Gasteiger partial charge in [0.25, 0.3) is 11.5 Å². The predicted molar refractivity (Wildman–Crippen MR) is 114 cm³/mol. The van der Waals surface area contributed by atoms with E-state index in [0.717, 1.165) is 22.3 Å². The lowest BCUT2D eigenvalue weighted by Crippen LogP contribution is -2.22. The second-order valence-corrected chi connectivity index (χ2v) is 6.91. The van der Waals surface area contributed by atoms with Crippen LogP contribution in [0.5, 0.6) is 5.75 Å². The predicted octanol–water partition coefficient (Wildman–Crippen LogP) is 3.75. The van der Waals surface area contributed by atoms with Crippen LogP contribution >= 0.6 is 0 Å². The van der Waals surface area contributed by atoms with Gasteiger partial charge in [0.1, 0.15) is 12.4 Å². The van der Waals surface area contributed by atoms with E-state index in [2.05, 4.69) is 0 Å². The molecule has 0 aliphatic rings. The molecule has 4 aromatic rings. The Morgan fingerprint density at radius 3 is 2.53 bits per heavy atom. The molecule has 6 nitrogen and oxygen atoms in total. The van der Waals surface area contributed by atoms with E-state index in [4.69, 9.17) is 9.94 Å². The summed E-state index contributed by atoms with van der Waals surface area (Å²) in [6.07, 6.45) is 1.73. The Bertz CT molecular complexity index is 1250. The molecule has 0 spiro atoms. The molecule has 0 radical (unpaired) electrons. The van der Waals surface area contributed by atoms with Crippen LogP contribution in [-0.2, 0) is 13.2 Å². The first kappa shape index (κ1) is 19.4. The zero-order valence-corrected chi connectivity index (χ0v) is 16.1. The van der Waals surface area contributed by atoms with Crippen LogP contribution in [0.25, 0.3) is 10.8 Å². The number of nitrogens with one attached hydrogen (secondary N) is 1. The van der Waals surface area contributed by atoms with E-state index < -0.39 is 5.91 Å². The Morgan fingerprint density at radius 1 is 0.933 bits per heavy atom. The SMILES string of the molecule is O=C(NO)c1ccc2ccn(Cc3cccc(OCc4ccccc4)c3)c(=O)c2c1. The zero-order chi connectivity index (χ0) is 20.9. The third-order valence-electron chi connectivity index (χ3n) is 4.84. The van der Waals surface area contributed by atoms with Gasteiger partial charge in [-0.25, -0.2) is 5.48 Å². The van der Waals surface area contributed by atoms with Crippen molar-refractivity contribution in [1.29, 1.82) is 0 Å². The highest BCUT2D eigenvalue weighted by Gasteiger charge is 2.09. The Balaban J connectivity index is 1.57. The van der Waals surface area contributed by atoms with Crippen LogP contribution in [0.3, 0.4) is 0 Å². The van der Waals surface area contributed by atoms with Crippen molar-refractivity contribution in [2.75, 3.05) is 0 Å². The second kappa shape index (κ2) is 8.63. The van der Waals surface area contributed by atoms with Crippen molar-refractivity contribution in [2.24, 2.45) is 0 Å². The molecule has 0 saturated carbocycles. The minimum atomic E-state index is -0.657. The van der Waals surface area contributed by atoms with Gasteiger partial charge in [-0.15, -0.1) is 0 Å². The third kappa shape index (κ3) is 4.24. The average molecular weight is 400 g/mol. The van der Waals surface area contributed by atoms with Crippen LogP contribution in [0.2, 0.25) is 0 Å². The molecular weight excluding hydrogens is 380 g/mol. The third-order valence-corrected chi connectivity index (χ3v) is 4.84. The number of pyridine rings is 1. The molecule has 30 heavy (non-hydrogen) atoms. The molecule has 0 atom stereocenters. The number of carbonyl (C=O) groups is 1. The summed E-state index contributed by atoms with van der Waals surface area (Å²) in [5.41, 5.74) is 3.60. The number of hydrogen-bond acceptors (Lipinski definition) is 4. The van der Waals surface area contributed by atoms with E-state index in [1.807, 2.05) is 60.7 Å². The number of rotatable bonds is 6. The Hall–Kier alpha value is -3.90. The van der Waals surface area contributed by atoms with Gasteiger partial charge in [0.05, 0.1) is 6.54 Å². The summed E-state index contributed by atoms with van der Waals surface area (Å²) in [6.45, 7) is 0.837. The lowest BCUT2D eigenvalue weighted by atomic mass is 10.1.